The van der Waals surface area contributed by atoms with Crippen molar-refractivity contribution in [2.45, 2.75) is 26.3 Å². The number of halogens is 1. The first-order chi connectivity index (χ1) is 12.0. The largest absolute Gasteiger partial charge is 0.354 e. The molecule has 0 bridgehead atoms. The third kappa shape index (κ3) is 4.42. The maximum Gasteiger partial charge on any atom is 0.261 e. The molecule has 1 N–H and O–H groups in total. The molecule has 7 heteroatoms. The summed E-state index contributed by atoms with van der Waals surface area (Å²) >= 11 is 0. The molecule has 3 rings (SSSR count). The van der Waals surface area contributed by atoms with Crippen LogP contribution in [0.3, 0.4) is 0 Å². The van der Waals surface area contributed by atoms with E-state index in [9.17, 15) is 14.0 Å². The number of nitrogens with zero attached hydrogens (tertiary/aromatic N) is 3. The van der Waals surface area contributed by atoms with Gasteiger partial charge in [0, 0.05) is 13.1 Å². The van der Waals surface area contributed by atoms with E-state index in [1.54, 1.807) is 0 Å². The molecule has 1 aliphatic heterocycles. The van der Waals surface area contributed by atoms with Crippen LogP contribution in [0.5, 0.6) is 0 Å². The number of fused-ring (bicyclic) bond motifs is 1. The van der Waals surface area contributed by atoms with Gasteiger partial charge in [-0.1, -0.05) is 6.92 Å². The molecule has 2 heterocycles. The van der Waals surface area contributed by atoms with E-state index in [-0.39, 0.29) is 17.8 Å². The minimum Gasteiger partial charge on any atom is -0.354 e. The summed E-state index contributed by atoms with van der Waals surface area (Å²) in [6, 6.07) is 3.86. The van der Waals surface area contributed by atoms with Crippen LogP contribution in [0.1, 0.15) is 19.8 Å². The van der Waals surface area contributed by atoms with Crippen LogP contribution in [0.4, 0.5) is 4.39 Å². The summed E-state index contributed by atoms with van der Waals surface area (Å²) in [4.78, 5) is 31.0. The van der Waals surface area contributed by atoms with Gasteiger partial charge in [-0.3, -0.25) is 14.2 Å². The molecule has 134 valence electrons. The van der Waals surface area contributed by atoms with Crippen molar-refractivity contribution in [3.8, 4) is 0 Å². The monoisotopic (exact) mass is 346 g/mol. The Labute approximate surface area is 145 Å². The molecular formula is C18H23FN4O2. The molecule has 1 saturated heterocycles. The highest BCUT2D eigenvalue weighted by molar-refractivity contribution is 5.78. The zero-order chi connectivity index (χ0) is 17.8. The van der Waals surface area contributed by atoms with Gasteiger partial charge in [0.15, 0.2) is 0 Å². The van der Waals surface area contributed by atoms with Gasteiger partial charge in [-0.05, 0) is 50.0 Å². The fraction of sp³-hybridized carbons (Fsp3) is 0.500. The Kier molecular flexibility index (Phi) is 5.43. The summed E-state index contributed by atoms with van der Waals surface area (Å²) in [5.74, 6) is -0.389. The van der Waals surface area contributed by atoms with Gasteiger partial charge >= 0.3 is 0 Å². The number of amides is 1. The van der Waals surface area contributed by atoms with Crippen molar-refractivity contribution < 1.29 is 9.18 Å². The Bertz CT molecular complexity index is 814. The second-order valence-electron chi connectivity index (χ2n) is 6.76. The summed E-state index contributed by atoms with van der Waals surface area (Å²) in [6.07, 6.45) is 3.82. The third-order valence-corrected chi connectivity index (χ3v) is 4.52. The number of carbonyl (C=O) groups is 1. The average Bonchev–Trinajstić information content (AvgIpc) is 3.09. The van der Waals surface area contributed by atoms with E-state index in [0.29, 0.717) is 18.0 Å². The first kappa shape index (κ1) is 17.5. The van der Waals surface area contributed by atoms with Crippen LogP contribution in [-0.4, -0.2) is 46.5 Å². The van der Waals surface area contributed by atoms with E-state index in [0.717, 1.165) is 25.7 Å². The third-order valence-electron chi connectivity index (χ3n) is 4.52. The number of carbonyl (C=O) groups excluding carboxylic acids is 1. The van der Waals surface area contributed by atoms with Gasteiger partial charge in [-0.2, -0.15) is 0 Å². The summed E-state index contributed by atoms with van der Waals surface area (Å²) in [6.45, 7) is 5.79. The van der Waals surface area contributed by atoms with Crippen molar-refractivity contribution in [3.63, 3.8) is 0 Å². The minimum atomic E-state index is -0.496. The van der Waals surface area contributed by atoms with Gasteiger partial charge in [0.25, 0.3) is 5.56 Å². The quantitative estimate of drug-likeness (QED) is 0.858. The summed E-state index contributed by atoms with van der Waals surface area (Å²) in [5, 5.41) is 3.04. The highest BCUT2D eigenvalue weighted by atomic mass is 19.1. The molecule has 1 amide bonds. The molecule has 0 saturated carbocycles. The topological polar surface area (TPSA) is 67.2 Å². The fourth-order valence-corrected chi connectivity index (χ4v) is 3.21. The number of aromatic nitrogens is 2. The number of likely N-dealkylation sites (tertiary alicyclic amines) is 1. The van der Waals surface area contributed by atoms with E-state index in [1.165, 1.54) is 35.9 Å². The summed E-state index contributed by atoms with van der Waals surface area (Å²) in [5.41, 5.74) is 0.00654. The van der Waals surface area contributed by atoms with E-state index in [4.69, 9.17) is 0 Å². The Hall–Kier alpha value is -2.28. The SMILES string of the molecule is C[C@@H](CNC(=O)Cn1cnc2ccc(F)cc2c1=O)CN1CCCC1. The Morgan fingerprint density at radius 2 is 2.12 bits per heavy atom. The molecule has 1 aromatic heterocycles. The maximum absolute atomic E-state index is 13.3. The molecule has 2 aromatic rings. The molecule has 1 aromatic carbocycles. The van der Waals surface area contributed by atoms with E-state index in [2.05, 4.69) is 22.1 Å². The van der Waals surface area contributed by atoms with Gasteiger partial charge in [0.05, 0.1) is 17.2 Å². The normalized spacial score (nSPS) is 16.2. The van der Waals surface area contributed by atoms with Crippen LogP contribution in [0.2, 0.25) is 0 Å². The minimum absolute atomic E-state index is 0.116. The van der Waals surface area contributed by atoms with Crippen LogP contribution in [-0.2, 0) is 11.3 Å². The predicted molar refractivity (Wildman–Crippen MR) is 93.8 cm³/mol. The van der Waals surface area contributed by atoms with Crippen LogP contribution in [0, 0.1) is 11.7 Å². The number of rotatable bonds is 6. The molecule has 1 atom stereocenters. The molecule has 0 unspecified atom stereocenters. The lowest BCUT2D eigenvalue weighted by atomic mass is 10.1. The van der Waals surface area contributed by atoms with E-state index < -0.39 is 11.4 Å². The molecule has 1 fully saturated rings. The second-order valence-corrected chi connectivity index (χ2v) is 6.76. The first-order valence-corrected chi connectivity index (χ1v) is 8.66. The van der Waals surface area contributed by atoms with Crippen molar-refractivity contribution >= 4 is 16.8 Å². The van der Waals surface area contributed by atoms with Crippen molar-refractivity contribution in [2.24, 2.45) is 5.92 Å². The maximum atomic E-state index is 13.3. The highest BCUT2D eigenvalue weighted by Gasteiger charge is 2.15. The Morgan fingerprint density at radius 3 is 2.88 bits per heavy atom. The zero-order valence-electron chi connectivity index (χ0n) is 14.4. The van der Waals surface area contributed by atoms with E-state index in [1.807, 2.05) is 0 Å². The van der Waals surface area contributed by atoms with Crippen molar-refractivity contribution in [2.75, 3.05) is 26.2 Å². The van der Waals surface area contributed by atoms with Gasteiger partial charge in [0.1, 0.15) is 12.4 Å². The van der Waals surface area contributed by atoms with Crippen LogP contribution in [0.15, 0.2) is 29.3 Å². The lowest BCUT2D eigenvalue weighted by molar-refractivity contribution is -0.121. The molecule has 6 nitrogen and oxygen atoms in total. The average molecular weight is 346 g/mol. The zero-order valence-corrected chi connectivity index (χ0v) is 14.4. The summed E-state index contributed by atoms with van der Waals surface area (Å²) in [7, 11) is 0. The number of nitrogens with one attached hydrogen (secondary N) is 1. The lowest BCUT2D eigenvalue weighted by Crippen LogP contribution is -2.37. The van der Waals surface area contributed by atoms with E-state index >= 15 is 0 Å². The standard InChI is InChI=1S/C18H23FN4O2/c1-13(10-22-6-2-3-7-22)9-20-17(24)11-23-12-21-16-5-4-14(19)8-15(16)18(23)25/h4-5,8,12-13H,2-3,6-7,9-11H2,1H3,(H,20,24)/t13-/m0/s1. The van der Waals surface area contributed by atoms with Gasteiger partial charge in [0.2, 0.25) is 5.91 Å². The van der Waals surface area contributed by atoms with Crippen LogP contribution >= 0.6 is 0 Å². The first-order valence-electron chi connectivity index (χ1n) is 8.66. The van der Waals surface area contributed by atoms with Gasteiger partial charge in [-0.25, -0.2) is 9.37 Å². The fourth-order valence-electron chi connectivity index (χ4n) is 3.21. The lowest BCUT2D eigenvalue weighted by Gasteiger charge is -2.20. The smallest absolute Gasteiger partial charge is 0.261 e. The molecule has 0 aliphatic carbocycles. The number of hydrogen-bond acceptors (Lipinski definition) is 4. The van der Waals surface area contributed by atoms with Gasteiger partial charge in [-0.15, -0.1) is 0 Å². The number of benzene rings is 1. The highest BCUT2D eigenvalue weighted by Crippen LogP contribution is 2.10. The van der Waals surface area contributed by atoms with Crippen LogP contribution < -0.4 is 10.9 Å². The van der Waals surface area contributed by atoms with Crippen molar-refractivity contribution in [1.82, 2.24) is 19.8 Å². The second kappa shape index (κ2) is 7.74. The van der Waals surface area contributed by atoms with Gasteiger partial charge < -0.3 is 10.2 Å². The van der Waals surface area contributed by atoms with Crippen molar-refractivity contribution in [3.05, 3.63) is 40.7 Å². The molecule has 0 radical (unpaired) electrons. The molecule has 1 aliphatic rings. The number of hydrogen-bond donors (Lipinski definition) is 1. The molecule has 0 spiro atoms. The molecular weight excluding hydrogens is 323 g/mol. The summed E-state index contributed by atoms with van der Waals surface area (Å²) < 4.78 is 14.5. The predicted octanol–water partition coefficient (Wildman–Crippen LogP) is 1.38. The Balaban J connectivity index is 1.58. The molecule has 25 heavy (non-hydrogen) atoms. The van der Waals surface area contributed by atoms with Crippen LogP contribution in [0.25, 0.3) is 10.9 Å². The Morgan fingerprint density at radius 1 is 1.36 bits per heavy atom. The van der Waals surface area contributed by atoms with Crippen molar-refractivity contribution in [1.29, 1.82) is 0 Å².